The number of rotatable bonds is 9. The summed E-state index contributed by atoms with van der Waals surface area (Å²) in [6.45, 7) is 1.64. The van der Waals surface area contributed by atoms with Crippen LogP contribution in [0.5, 0.6) is 0 Å². The summed E-state index contributed by atoms with van der Waals surface area (Å²) in [4.78, 5) is 31.2. The van der Waals surface area contributed by atoms with Gasteiger partial charge in [0.25, 0.3) is 5.56 Å². The lowest BCUT2D eigenvalue weighted by Crippen LogP contribution is -2.26. The van der Waals surface area contributed by atoms with E-state index >= 15 is 0 Å². The van der Waals surface area contributed by atoms with Crippen molar-refractivity contribution in [3.63, 3.8) is 0 Å². The molecule has 0 fully saturated rings. The molecule has 0 aliphatic carbocycles. The molecule has 42 heavy (non-hydrogen) atoms. The maximum atomic E-state index is 14.1. The van der Waals surface area contributed by atoms with Crippen molar-refractivity contribution in [1.29, 1.82) is 0 Å². The molecule has 9 heteroatoms. The van der Waals surface area contributed by atoms with Gasteiger partial charge in [-0.1, -0.05) is 36.4 Å². The van der Waals surface area contributed by atoms with E-state index in [4.69, 9.17) is 0 Å². The van der Waals surface area contributed by atoms with Crippen LogP contribution in [0.3, 0.4) is 0 Å². The molecule has 0 aliphatic rings. The fourth-order valence-corrected chi connectivity index (χ4v) is 6.01. The van der Waals surface area contributed by atoms with Crippen LogP contribution in [0.2, 0.25) is 0 Å². The Labute approximate surface area is 242 Å². The highest BCUT2D eigenvalue weighted by Gasteiger charge is 2.24. The van der Waals surface area contributed by atoms with E-state index in [0.29, 0.717) is 27.9 Å². The molecule has 2 aromatic heterocycles. The Bertz CT molecular complexity index is 1970. The van der Waals surface area contributed by atoms with Crippen molar-refractivity contribution in [2.75, 3.05) is 6.26 Å². The normalized spacial score (nSPS) is 12.4. The third kappa shape index (κ3) is 6.36. The van der Waals surface area contributed by atoms with Crippen LogP contribution < -0.4 is 5.56 Å². The van der Waals surface area contributed by atoms with Gasteiger partial charge < -0.3 is 4.57 Å². The van der Waals surface area contributed by atoms with Crippen LogP contribution >= 0.6 is 0 Å². The molecule has 1 atom stereocenters. The summed E-state index contributed by atoms with van der Waals surface area (Å²) in [5, 5.41) is 0.856. The smallest absolute Gasteiger partial charge is 0.251 e. The van der Waals surface area contributed by atoms with E-state index in [9.17, 15) is 26.8 Å². The number of Topliss-reactive ketones (excluding diaryl/α,β-unsaturated/α-hetero) is 1. The number of nitrogens with zero attached hydrogens (tertiary/aromatic N) is 2. The van der Waals surface area contributed by atoms with E-state index in [-0.39, 0.29) is 35.6 Å². The topological polar surface area (TPSA) is 86.1 Å². The number of sulfone groups is 1. The number of aryl methyl sites for hydroxylation is 1. The van der Waals surface area contributed by atoms with E-state index in [0.717, 1.165) is 23.3 Å². The minimum absolute atomic E-state index is 0.0808. The molecule has 0 N–H and O–H groups in total. The standard InChI is InChI=1S/C33H28F2N2O4S/c1-21-13-32(39)37(31-11-4-3-9-29(21)31)20-27(38)17-24(14-22-15-25(34)19-26(35)16-22)33-30(10-6-12-36-33)23-7-5-8-28(18-23)42(2,40)41/h3-13,15-16,18-19,24H,14,17,20H2,1-2H3/t24-/m1/s1. The summed E-state index contributed by atoms with van der Waals surface area (Å²) in [7, 11) is -3.49. The van der Waals surface area contributed by atoms with Gasteiger partial charge in [0, 0.05) is 47.9 Å². The van der Waals surface area contributed by atoms with E-state index in [1.165, 1.54) is 34.9 Å². The molecule has 0 aliphatic heterocycles. The first kappa shape index (κ1) is 29.0. The molecular formula is C33H28F2N2O4S. The number of para-hydroxylation sites is 1. The molecule has 0 spiro atoms. The van der Waals surface area contributed by atoms with Crippen molar-refractivity contribution >= 4 is 26.5 Å². The Balaban J connectivity index is 1.56. The van der Waals surface area contributed by atoms with Gasteiger partial charge in [0.1, 0.15) is 11.6 Å². The van der Waals surface area contributed by atoms with Gasteiger partial charge >= 0.3 is 0 Å². The monoisotopic (exact) mass is 586 g/mol. The van der Waals surface area contributed by atoms with E-state index in [1.807, 2.05) is 19.1 Å². The highest BCUT2D eigenvalue weighted by molar-refractivity contribution is 7.90. The minimum atomic E-state index is -3.49. The Hall–Kier alpha value is -4.50. The zero-order valence-electron chi connectivity index (χ0n) is 23.1. The second-order valence-corrected chi connectivity index (χ2v) is 12.4. The van der Waals surface area contributed by atoms with Gasteiger partial charge in [-0.05, 0) is 66.4 Å². The van der Waals surface area contributed by atoms with E-state index in [2.05, 4.69) is 4.98 Å². The van der Waals surface area contributed by atoms with Crippen LogP contribution in [0.25, 0.3) is 22.0 Å². The first-order chi connectivity index (χ1) is 20.0. The number of hydrogen-bond donors (Lipinski definition) is 0. The summed E-state index contributed by atoms with van der Waals surface area (Å²) in [6.07, 6.45) is 2.68. The van der Waals surface area contributed by atoms with Gasteiger partial charge in [0.05, 0.1) is 22.7 Å². The van der Waals surface area contributed by atoms with E-state index < -0.39 is 27.4 Å². The number of aromatic nitrogens is 2. The Morgan fingerprint density at radius 3 is 2.40 bits per heavy atom. The molecule has 5 aromatic rings. The first-order valence-corrected chi connectivity index (χ1v) is 15.2. The van der Waals surface area contributed by atoms with Crippen molar-refractivity contribution in [2.24, 2.45) is 0 Å². The predicted molar refractivity (Wildman–Crippen MR) is 158 cm³/mol. The number of pyridine rings is 2. The quantitative estimate of drug-likeness (QED) is 0.210. The number of carbonyl (C=O) groups excluding carboxylic acids is 1. The molecule has 0 amide bonds. The molecule has 0 radical (unpaired) electrons. The lowest BCUT2D eigenvalue weighted by atomic mass is 9.87. The summed E-state index contributed by atoms with van der Waals surface area (Å²) in [5.41, 5.74) is 3.11. The van der Waals surface area contributed by atoms with Gasteiger partial charge in [0.15, 0.2) is 15.6 Å². The number of carbonyl (C=O) groups is 1. The van der Waals surface area contributed by atoms with Crippen LogP contribution in [0.1, 0.15) is 29.2 Å². The van der Waals surface area contributed by atoms with Crippen molar-refractivity contribution in [3.8, 4) is 11.1 Å². The fourth-order valence-electron chi connectivity index (χ4n) is 5.34. The lowest BCUT2D eigenvalue weighted by Gasteiger charge is -2.20. The third-order valence-electron chi connectivity index (χ3n) is 7.24. The molecule has 0 saturated heterocycles. The summed E-state index contributed by atoms with van der Waals surface area (Å²) < 4.78 is 54.2. The minimum Gasteiger partial charge on any atom is -0.301 e. The van der Waals surface area contributed by atoms with Crippen LogP contribution in [-0.4, -0.2) is 30.0 Å². The molecular weight excluding hydrogens is 558 g/mol. The molecule has 5 rings (SSSR count). The summed E-state index contributed by atoms with van der Waals surface area (Å²) in [5.74, 6) is -2.39. The number of halogens is 2. The van der Waals surface area contributed by atoms with Gasteiger partial charge in [-0.15, -0.1) is 0 Å². The molecule has 3 aromatic carbocycles. The van der Waals surface area contributed by atoms with Gasteiger partial charge in [-0.3, -0.25) is 14.6 Å². The molecule has 2 heterocycles. The average molecular weight is 587 g/mol. The highest BCUT2D eigenvalue weighted by atomic mass is 32.2. The maximum Gasteiger partial charge on any atom is 0.251 e. The van der Waals surface area contributed by atoms with Crippen molar-refractivity contribution in [3.05, 3.63) is 130 Å². The summed E-state index contributed by atoms with van der Waals surface area (Å²) in [6, 6.07) is 21.9. The third-order valence-corrected chi connectivity index (χ3v) is 8.35. The Kier molecular flexibility index (Phi) is 8.13. The maximum absolute atomic E-state index is 14.1. The largest absolute Gasteiger partial charge is 0.301 e. The zero-order chi connectivity index (χ0) is 30.0. The average Bonchev–Trinajstić information content (AvgIpc) is 2.94. The Morgan fingerprint density at radius 1 is 0.929 bits per heavy atom. The predicted octanol–water partition coefficient (Wildman–Crippen LogP) is 6.04. The number of fused-ring (bicyclic) bond motifs is 1. The lowest BCUT2D eigenvalue weighted by molar-refractivity contribution is -0.120. The highest BCUT2D eigenvalue weighted by Crippen LogP contribution is 2.33. The Morgan fingerprint density at radius 2 is 1.67 bits per heavy atom. The van der Waals surface area contributed by atoms with Crippen molar-refractivity contribution in [2.45, 2.75) is 37.1 Å². The molecule has 0 saturated carbocycles. The van der Waals surface area contributed by atoms with Crippen LogP contribution in [0.4, 0.5) is 8.78 Å². The molecule has 0 bridgehead atoms. The van der Waals surface area contributed by atoms with Crippen LogP contribution in [-0.2, 0) is 27.6 Å². The molecule has 6 nitrogen and oxygen atoms in total. The van der Waals surface area contributed by atoms with Gasteiger partial charge in [-0.25, -0.2) is 17.2 Å². The van der Waals surface area contributed by atoms with Crippen LogP contribution in [0, 0.1) is 18.6 Å². The first-order valence-electron chi connectivity index (χ1n) is 13.3. The molecule has 0 unspecified atom stereocenters. The van der Waals surface area contributed by atoms with E-state index in [1.54, 1.807) is 42.6 Å². The second kappa shape index (κ2) is 11.8. The van der Waals surface area contributed by atoms with Crippen molar-refractivity contribution < 1.29 is 22.0 Å². The van der Waals surface area contributed by atoms with Gasteiger partial charge in [0.2, 0.25) is 0 Å². The van der Waals surface area contributed by atoms with Crippen LogP contribution in [0.15, 0.2) is 101 Å². The fraction of sp³-hybridized carbons (Fsp3) is 0.182. The second-order valence-electron chi connectivity index (χ2n) is 10.4. The zero-order valence-corrected chi connectivity index (χ0v) is 23.9. The summed E-state index contributed by atoms with van der Waals surface area (Å²) >= 11 is 0. The number of hydrogen-bond acceptors (Lipinski definition) is 5. The van der Waals surface area contributed by atoms with Crippen molar-refractivity contribution in [1.82, 2.24) is 9.55 Å². The number of ketones is 1. The van der Waals surface area contributed by atoms with Gasteiger partial charge in [-0.2, -0.15) is 0 Å². The number of benzene rings is 3. The SMILES string of the molecule is Cc1cc(=O)n(CC(=O)C[C@@H](Cc2cc(F)cc(F)c2)c2ncccc2-c2cccc(S(C)(=O)=O)c2)c2ccccc12. The molecule has 214 valence electrons.